The Kier molecular flexibility index (Phi) is 13.9. The average molecular weight is 1120 g/mol. The quantitative estimate of drug-likeness (QED) is 0.134. The van der Waals surface area contributed by atoms with E-state index in [-0.39, 0.29) is 34.2 Å². The summed E-state index contributed by atoms with van der Waals surface area (Å²) in [6.45, 7) is 33.9. The van der Waals surface area contributed by atoms with Gasteiger partial charge in [0.2, 0.25) is 0 Å². The Morgan fingerprint density at radius 3 is 1.27 bits per heavy atom. The van der Waals surface area contributed by atoms with E-state index < -0.39 is 0 Å². The third-order valence-corrected chi connectivity index (χ3v) is 16.8. The van der Waals surface area contributed by atoms with Crippen LogP contribution in [0.2, 0.25) is 0 Å². The molecule has 0 unspecified atom stereocenters. The van der Waals surface area contributed by atoms with Crippen LogP contribution in [0.1, 0.15) is 138 Å². The third-order valence-electron chi connectivity index (χ3n) is 16.8. The lowest BCUT2D eigenvalue weighted by Gasteiger charge is -2.26. The van der Waals surface area contributed by atoms with Gasteiger partial charge in [0, 0.05) is 61.8 Å². The van der Waals surface area contributed by atoms with E-state index in [9.17, 15) is 4.79 Å². The highest BCUT2D eigenvalue weighted by Crippen LogP contribution is 2.44. The van der Waals surface area contributed by atoms with Gasteiger partial charge in [0.05, 0.1) is 39.0 Å². The van der Waals surface area contributed by atoms with Crippen LogP contribution in [0, 0.1) is 20.8 Å². The molecule has 0 fully saturated rings. The van der Waals surface area contributed by atoms with E-state index in [1.807, 2.05) is 54.9 Å². The van der Waals surface area contributed by atoms with Gasteiger partial charge in [0.1, 0.15) is 6.61 Å². The van der Waals surface area contributed by atoms with E-state index in [1.165, 1.54) is 44.2 Å². The summed E-state index contributed by atoms with van der Waals surface area (Å²) >= 11 is 0. The molecule has 426 valence electrons. The fourth-order valence-corrected chi connectivity index (χ4v) is 11.7. The smallest absolute Gasteiger partial charge is 0.338 e. The molecule has 12 aromatic rings. The second-order valence-electron chi connectivity index (χ2n) is 27.6. The molecule has 0 aliphatic heterocycles. The van der Waals surface area contributed by atoms with Crippen LogP contribution in [-0.4, -0.2) is 35.0 Å². The van der Waals surface area contributed by atoms with Crippen LogP contribution in [0.25, 0.3) is 100 Å². The number of benzene rings is 8. The lowest BCUT2D eigenvalue weighted by Crippen LogP contribution is -2.17. The van der Waals surface area contributed by atoms with Gasteiger partial charge in [-0.05, 0) is 173 Å². The van der Waals surface area contributed by atoms with Crippen LogP contribution in [-0.2, 0) is 33.0 Å². The number of esters is 1. The van der Waals surface area contributed by atoms with Crippen molar-refractivity contribution in [3.63, 3.8) is 0 Å². The lowest BCUT2D eigenvalue weighted by atomic mass is 9.79. The molecule has 0 amide bonds. The molecule has 8 heteroatoms. The summed E-state index contributed by atoms with van der Waals surface area (Å²) in [7, 11) is 0. The molecule has 0 atom stereocenters. The molecule has 0 saturated carbocycles. The number of fused-ring (bicyclic) bond motifs is 6. The molecule has 12 rings (SSSR count). The number of hydrogen-bond acceptors (Lipinski definition) is 6. The van der Waals surface area contributed by atoms with E-state index >= 15 is 0 Å². The summed E-state index contributed by atoms with van der Waals surface area (Å²) in [6, 6.07) is 58.3. The number of carbonyl (C=O) groups excluding carboxylic acids is 1. The van der Waals surface area contributed by atoms with Crippen LogP contribution >= 0.6 is 0 Å². The van der Waals surface area contributed by atoms with Crippen molar-refractivity contribution in [1.82, 2.24) is 29.1 Å². The van der Waals surface area contributed by atoms with Gasteiger partial charge >= 0.3 is 5.97 Å². The number of ether oxygens (including phenoxy) is 1. The van der Waals surface area contributed by atoms with Crippen molar-refractivity contribution in [2.45, 2.75) is 132 Å². The number of hydrogen-bond donors (Lipinski definition) is 0. The van der Waals surface area contributed by atoms with Gasteiger partial charge in [0.25, 0.3) is 0 Å². The Morgan fingerprint density at radius 1 is 0.412 bits per heavy atom. The number of aromatic nitrogens is 6. The molecule has 0 spiro atoms. The largest absolute Gasteiger partial charge is 0.457 e. The van der Waals surface area contributed by atoms with Gasteiger partial charge in [-0.15, -0.1) is 0 Å². The Bertz CT molecular complexity index is 4410. The van der Waals surface area contributed by atoms with Crippen molar-refractivity contribution in [3.05, 3.63) is 226 Å². The highest BCUT2D eigenvalue weighted by atomic mass is 16.5. The molecule has 0 aliphatic rings. The standard InChI is InChI=1S/C77H76N6O2/c1-46-21-26-64-58(33-46)59-34-47(2)22-27-65(59)82(64)68-29-24-50(70-79-71(52-36-54(74(4,5)6)42-55(37-52)75(7,8)9)81-72(80-70)53-38-56(76(10,11)12)43-57(39-53)77(13,14)15)40-62(68)63-44-78-32-31-69(63)83-66-28-23-48(3)35-60(66)61-41-51(25-30-67(61)83)73(84)85-45-49-19-17-16-18-20-49/h16-44H,45H2,1-15H3. The Balaban J connectivity index is 1.14. The zero-order valence-electron chi connectivity index (χ0n) is 52.0. The second-order valence-corrected chi connectivity index (χ2v) is 27.6. The highest BCUT2D eigenvalue weighted by molar-refractivity contribution is 6.13. The molecule has 8 aromatic carbocycles. The van der Waals surface area contributed by atoms with Gasteiger partial charge in [-0.3, -0.25) is 4.98 Å². The summed E-state index contributed by atoms with van der Waals surface area (Å²) in [5.41, 5.74) is 19.8. The van der Waals surface area contributed by atoms with Crippen molar-refractivity contribution in [2.75, 3.05) is 0 Å². The molecule has 8 nitrogen and oxygen atoms in total. The fraction of sp³-hybridized carbons (Fsp3) is 0.260. The molecule has 4 heterocycles. The predicted molar refractivity (Wildman–Crippen MR) is 353 cm³/mol. The SMILES string of the molecule is Cc1ccc2c(c1)c1cc(C)ccc1n2-c1ccc(-c2nc(-c3cc(C(C)(C)C)cc(C(C)(C)C)c3)nc(-c3cc(C(C)(C)C)cc(C(C)(C)C)c3)n2)cc1-c1cnccc1-n1c2ccc(C)cc2c2cc(C(=O)OCc3ccccc3)ccc21. The van der Waals surface area contributed by atoms with E-state index in [0.717, 1.165) is 83.2 Å². The van der Waals surface area contributed by atoms with Crippen LogP contribution < -0.4 is 0 Å². The van der Waals surface area contributed by atoms with Gasteiger partial charge in [0.15, 0.2) is 17.5 Å². The van der Waals surface area contributed by atoms with Crippen molar-refractivity contribution in [3.8, 4) is 56.7 Å². The Hall–Kier alpha value is -9.01. The van der Waals surface area contributed by atoms with E-state index in [4.69, 9.17) is 24.7 Å². The maximum Gasteiger partial charge on any atom is 0.338 e. The molecule has 4 aromatic heterocycles. The topological polar surface area (TPSA) is 87.7 Å². The minimum atomic E-state index is -0.375. The zero-order valence-corrected chi connectivity index (χ0v) is 52.0. The maximum atomic E-state index is 13.9. The lowest BCUT2D eigenvalue weighted by molar-refractivity contribution is 0.0473. The van der Waals surface area contributed by atoms with Crippen LogP contribution in [0.4, 0.5) is 0 Å². The molecule has 0 aliphatic carbocycles. The summed E-state index contributed by atoms with van der Waals surface area (Å²) in [4.78, 5) is 35.4. The number of nitrogens with zero attached hydrogens (tertiary/aromatic N) is 6. The first-order valence-electron chi connectivity index (χ1n) is 29.7. The summed E-state index contributed by atoms with van der Waals surface area (Å²) in [5.74, 6) is 1.40. The number of rotatable bonds is 9. The van der Waals surface area contributed by atoms with Gasteiger partial charge in [-0.25, -0.2) is 19.7 Å². The molecule has 0 radical (unpaired) electrons. The molecular weight excluding hydrogens is 1040 g/mol. The first-order chi connectivity index (χ1) is 40.3. The average Bonchev–Trinajstić information content (AvgIpc) is 2.06. The van der Waals surface area contributed by atoms with Gasteiger partial charge in [-0.1, -0.05) is 160 Å². The third kappa shape index (κ3) is 10.8. The Labute approximate surface area is 500 Å². The number of pyridine rings is 1. The second kappa shape index (κ2) is 20.9. The van der Waals surface area contributed by atoms with E-state index in [0.29, 0.717) is 23.0 Å². The van der Waals surface area contributed by atoms with Gasteiger partial charge < -0.3 is 13.9 Å². The van der Waals surface area contributed by atoms with Gasteiger partial charge in [-0.2, -0.15) is 0 Å². The molecular formula is C77H76N6O2. The van der Waals surface area contributed by atoms with Crippen LogP contribution in [0.5, 0.6) is 0 Å². The molecule has 0 saturated heterocycles. The number of aryl methyl sites for hydroxylation is 3. The summed E-state index contributed by atoms with van der Waals surface area (Å²) < 4.78 is 10.6. The zero-order chi connectivity index (χ0) is 60.1. The predicted octanol–water partition coefficient (Wildman–Crippen LogP) is 19.6. The van der Waals surface area contributed by atoms with Crippen molar-refractivity contribution < 1.29 is 9.53 Å². The van der Waals surface area contributed by atoms with E-state index in [2.05, 4.69) is 234 Å². The fourth-order valence-electron chi connectivity index (χ4n) is 11.7. The highest BCUT2D eigenvalue weighted by Gasteiger charge is 2.28. The molecule has 85 heavy (non-hydrogen) atoms. The minimum Gasteiger partial charge on any atom is -0.457 e. The van der Waals surface area contributed by atoms with Crippen molar-refractivity contribution in [2.24, 2.45) is 0 Å². The first kappa shape index (κ1) is 56.5. The monoisotopic (exact) mass is 1120 g/mol. The normalized spacial score (nSPS) is 12.5. The molecule has 0 N–H and O–H groups in total. The minimum absolute atomic E-state index is 0.139. The summed E-state index contributed by atoms with van der Waals surface area (Å²) in [5, 5.41) is 4.33. The maximum absolute atomic E-state index is 13.9. The number of carbonyl (C=O) groups is 1. The first-order valence-corrected chi connectivity index (χ1v) is 29.7. The van der Waals surface area contributed by atoms with Crippen LogP contribution in [0.3, 0.4) is 0 Å². The van der Waals surface area contributed by atoms with Crippen molar-refractivity contribution in [1.29, 1.82) is 0 Å². The van der Waals surface area contributed by atoms with E-state index in [1.54, 1.807) is 0 Å². The summed E-state index contributed by atoms with van der Waals surface area (Å²) in [6.07, 6.45) is 3.86. The van der Waals surface area contributed by atoms with Crippen LogP contribution in [0.15, 0.2) is 176 Å². The molecule has 0 bridgehead atoms. The van der Waals surface area contributed by atoms with Crippen molar-refractivity contribution >= 4 is 49.6 Å². The Morgan fingerprint density at radius 2 is 0.824 bits per heavy atom.